The van der Waals surface area contributed by atoms with Gasteiger partial charge in [-0.15, -0.1) is 0 Å². The van der Waals surface area contributed by atoms with Gasteiger partial charge in [-0.25, -0.2) is 0 Å². The van der Waals surface area contributed by atoms with E-state index in [9.17, 15) is 4.79 Å². The monoisotopic (exact) mass is 386 g/mol. The molecule has 2 rings (SSSR count). The van der Waals surface area contributed by atoms with Crippen LogP contribution in [-0.2, 0) is 0 Å². The highest BCUT2D eigenvalue weighted by Gasteiger charge is 2.09. The Morgan fingerprint density at radius 1 is 1.07 bits per heavy atom. The fourth-order valence-corrected chi connectivity index (χ4v) is 2.39. The molecule has 0 atom stereocenters. The van der Waals surface area contributed by atoms with Crippen LogP contribution >= 0.6 is 12.2 Å². The van der Waals surface area contributed by atoms with Crippen LogP contribution in [0.15, 0.2) is 48.5 Å². The van der Waals surface area contributed by atoms with Gasteiger partial charge in [0.25, 0.3) is 5.91 Å². The van der Waals surface area contributed by atoms with Crippen molar-refractivity contribution in [3.05, 3.63) is 54.1 Å². The summed E-state index contributed by atoms with van der Waals surface area (Å²) >= 11 is 5.23. The average molecular weight is 387 g/mol. The van der Waals surface area contributed by atoms with E-state index in [1.165, 1.54) is 0 Å². The van der Waals surface area contributed by atoms with E-state index >= 15 is 0 Å². The average Bonchev–Trinajstić information content (AvgIpc) is 2.66. The zero-order valence-electron chi connectivity index (χ0n) is 16.0. The number of carbonyl (C=O) groups excluding carboxylic acids is 1. The summed E-state index contributed by atoms with van der Waals surface area (Å²) in [6, 6.07) is 14.5. The van der Waals surface area contributed by atoms with Gasteiger partial charge in [0.05, 0.1) is 13.2 Å². The molecule has 0 aromatic heterocycles. The molecule has 0 heterocycles. The van der Waals surface area contributed by atoms with Crippen molar-refractivity contribution in [2.24, 2.45) is 5.92 Å². The molecule has 144 valence electrons. The van der Waals surface area contributed by atoms with Gasteiger partial charge < -0.3 is 14.8 Å². The molecule has 27 heavy (non-hydrogen) atoms. The van der Waals surface area contributed by atoms with E-state index in [0.717, 1.165) is 17.9 Å². The van der Waals surface area contributed by atoms with E-state index in [1.54, 1.807) is 18.2 Å². The first-order valence-electron chi connectivity index (χ1n) is 9.06. The van der Waals surface area contributed by atoms with Crippen molar-refractivity contribution in [1.82, 2.24) is 5.32 Å². The summed E-state index contributed by atoms with van der Waals surface area (Å²) in [5.74, 6) is 1.59. The minimum absolute atomic E-state index is 0.232. The van der Waals surface area contributed by atoms with Crippen LogP contribution < -0.4 is 20.1 Å². The van der Waals surface area contributed by atoms with Crippen LogP contribution in [0.4, 0.5) is 5.69 Å². The third-order valence-electron chi connectivity index (χ3n) is 3.49. The topological polar surface area (TPSA) is 59.6 Å². The third kappa shape index (κ3) is 7.27. The van der Waals surface area contributed by atoms with Crippen LogP contribution in [0.3, 0.4) is 0 Å². The van der Waals surface area contributed by atoms with E-state index in [1.807, 2.05) is 30.3 Å². The Bertz CT molecular complexity index is 760. The van der Waals surface area contributed by atoms with E-state index in [2.05, 4.69) is 31.4 Å². The van der Waals surface area contributed by atoms with Crippen LogP contribution in [-0.4, -0.2) is 24.2 Å². The predicted octanol–water partition coefficient (Wildman–Crippen LogP) is 4.64. The number of anilines is 1. The largest absolute Gasteiger partial charge is 0.494 e. The molecule has 2 N–H and O–H groups in total. The van der Waals surface area contributed by atoms with Gasteiger partial charge in [-0.05, 0) is 67.0 Å². The molecule has 6 heteroatoms. The van der Waals surface area contributed by atoms with E-state index in [-0.39, 0.29) is 11.0 Å². The Labute approximate surface area is 166 Å². The first-order chi connectivity index (χ1) is 13.0. The maximum absolute atomic E-state index is 12.4. The number of carbonyl (C=O) groups is 1. The van der Waals surface area contributed by atoms with Crippen molar-refractivity contribution in [2.75, 3.05) is 18.5 Å². The number of thiocarbonyl (C=S) groups is 1. The highest BCUT2D eigenvalue weighted by Crippen LogP contribution is 2.16. The van der Waals surface area contributed by atoms with Gasteiger partial charge in [-0.2, -0.15) is 0 Å². The van der Waals surface area contributed by atoms with Crippen LogP contribution in [0.2, 0.25) is 0 Å². The number of amides is 1. The van der Waals surface area contributed by atoms with Gasteiger partial charge in [0.2, 0.25) is 0 Å². The second-order valence-electron chi connectivity index (χ2n) is 6.51. The Hall–Kier alpha value is -2.60. The molecule has 0 spiro atoms. The summed E-state index contributed by atoms with van der Waals surface area (Å²) in [6.07, 6.45) is 0.958. The molecule has 2 aromatic rings. The van der Waals surface area contributed by atoms with Gasteiger partial charge in [-0.3, -0.25) is 10.1 Å². The summed E-state index contributed by atoms with van der Waals surface area (Å²) in [6.45, 7) is 7.49. The number of rotatable bonds is 8. The molecule has 0 radical (unpaired) electrons. The Kier molecular flexibility index (Phi) is 8.07. The molecule has 0 fully saturated rings. The molecule has 1 amide bonds. The molecule has 0 aliphatic heterocycles. The number of hydrogen-bond donors (Lipinski definition) is 2. The predicted molar refractivity (Wildman–Crippen MR) is 113 cm³/mol. The fourth-order valence-electron chi connectivity index (χ4n) is 2.18. The number of ether oxygens (including phenoxy) is 2. The Morgan fingerprint density at radius 2 is 1.81 bits per heavy atom. The number of nitrogens with one attached hydrogen (secondary N) is 2. The summed E-state index contributed by atoms with van der Waals surface area (Å²) in [5.41, 5.74) is 1.27. The summed E-state index contributed by atoms with van der Waals surface area (Å²) in [4.78, 5) is 12.4. The third-order valence-corrected chi connectivity index (χ3v) is 3.70. The van der Waals surface area contributed by atoms with Crippen LogP contribution in [0.25, 0.3) is 0 Å². The summed E-state index contributed by atoms with van der Waals surface area (Å²) in [7, 11) is 0. The summed E-state index contributed by atoms with van der Waals surface area (Å²) in [5, 5.41) is 5.91. The van der Waals surface area contributed by atoms with E-state index in [4.69, 9.17) is 21.7 Å². The van der Waals surface area contributed by atoms with Crippen molar-refractivity contribution in [2.45, 2.75) is 27.2 Å². The lowest BCUT2D eigenvalue weighted by atomic mass is 10.2. The molecule has 0 aliphatic carbocycles. The van der Waals surface area contributed by atoms with Crippen LogP contribution in [0.1, 0.15) is 37.6 Å². The van der Waals surface area contributed by atoms with Crippen LogP contribution in [0, 0.1) is 5.92 Å². The minimum atomic E-state index is -0.287. The maximum atomic E-state index is 12.4. The van der Waals surface area contributed by atoms with Gasteiger partial charge in [-0.1, -0.05) is 26.8 Å². The lowest BCUT2D eigenvalue weighted by molar-refractivity contribution is 0.0977. The Morgan fingerprint density at radius 3 is 2.48 bits per heavy atom. The first-order valence-corrected chi connectivity index (χ1v) is 9.46. The zero-order valence-corrected chi connectivity index (χ0v) is 16.8. The molecule has 5 nitrogen and oxygen atoms in total. The smallest absolute Gasteiger partial charge is 0.257 e. The molecular weight excluding hydrogens is 360 g/mol. The molecule has 0 saturated carbocycles. The van der Waals surface area contributed by atoms with Crippen molar-refractivity contribution < 1.29 is 14.3 Å². The van der Waals surface area contributed by atoms with Crippen LogP contribution in [0.5, 0.6) is 11.5 Å². The standard InChI is InChI=1S/C21H26N2O3S/c1-4-12-25-18-10-8-17(9-11-18)22-21(27)23-20(24)16-6-5-7-19(13-16)26-14-15(2)3/h5-11,13,15H,4,12,14H2,1-3H3,(H2,22,23,24,27). The van der Waals surface area contributed by atoms with Gasteiger partial charge in [0.1, 0.15) is 11.5 Å². The molecular formula is C21H26N2O3S. The van der Waals surface area contributed by atoms with Gasteiger partial charge in [0, 0.05) is 11.3 Å². The second-order valence-corrected chi connectivity index (χ2v) is 6.92. The maximum Gasteiger partial charge on any atom is 0.257 e. The molecule has 2 aromatic carbocycles. The van der Waals surface area contributed by atoms with Gasteiger partial charge in [0.15, 0.2) is 5.11 Å². The minimum Gasteiger partial charge on any atom is -0.494 e. The fraction of sp³-hybridized carbons (Fsp3) is 0.333. The van der Waals surface area contributed by atoms with Crippen molar-refractivity contribution >= 4 is 28.9 Å². The number of hydrogen-bond acceptors (Lipinski definition) is 4. The van der Waals surface area contributed by atoms with Crippen molar-refractivity contribution in [3.8, 4) is 11.5 Å². The van der Waals surface area contributed by atoms with Crippen molar-refractivity contribution in [3.63, 3.8) is 0 Å². The lowest BCUT2D eigenvalue weighted by Gasteiger charge is -2.12. The molecule has 0 saturated heterocycles. The van der Waals surface area contributed by atoms with Crippen molar-refractivity contribution in [1.29, 1.82) is 0 Å². The summed E-state index contributed by atoms with van der Waals surface area (Å²) < 4.78 is 11.2. The normalized spacial score (nSPS) is 10.4. The van der Waals surface area contributed by atoms with E-state index in [0.29, 0.717) is 30.4 Å². The molecule has 0 aliphatic rings. The SMILES string of the molecule is CCCOc1ccc(NC(=S)NC(=O)c2cccc(OCC(C)C)c2)cc1. The highest BCUT2D eigenvalue weighted by atomic mass is 32.1. The zero-order chi connectivity index (χ0) is 19.6. The second kappa shape index (κ2) is 10.5. The number of benzene rings is 2. The quantitative estimate of drug-likeness (QED) is 0.648. The molecule has 0 unspecified atom stereocenters. The Balaban J connectivity index is 1.89. The lowest BCUT2D eigenvalue weighted by Crippen LogP contribution is -2.34. The first kappa shape index (κ1) is 20.7. The highest BCUT2D eigenvalue weighted by molar-refractivity contribution is 7.80. The molecule has 0 bridgehead atoms. The van der Waals surface area contributed by atoms with Gasteiger partial charge >= 0.3 is 0 Å². The van der Waals surface area contributed by atoms with E-state index < -0.39 is 0 Å².